The van der Waals surface area contributed by atoms with Crippen molar-refractivity contribution < 1.29 is 17.9 Å². The number of halogens is 4. The van der Waals surface area contributed by atoms with E-state index < -0.39 is 6.36 Å². The first kappa shape index (κ1) is 13.5. The molecule has 18 heavy (non-hydrogen) atoms. The van der Waals surface area contributed by atoms with Crippen molar-refractivity contribution in [1.82, 2.24) is 0 Å². The van der Waals surface area contributed by atoms with Crippen LogP contribution in [0, 0.1) is 5.92 Å². The molecule has 2 rings (SSSR count). The van der Waals surface area contributed by atoms with Crippen molar-refractivity contribution in [3.05, 3.63) is 29.8 Å². The second-order valence-electron chi connectivity index (χ2n) is 4.55. The van der Waals surface area contributed by atoms with Crippen LogP contribution >= 0.6 is 11.6 Å². The predicted octanol–water partition coefficient (Wildman–Crippen LogP) is 4.54. The topological polar surface area (TPSA) is 9.23 Å². The summed E-state index contributed by atoms with van der Waals surface area (Å²) in [5.74, 6) is 0.423. The van der Waals surface area contributed by atoms with Gasteiger partial charge in [0, 0.05) is 5.38 Å². The number of rotatable bonds is 5. The molecule has 1 unspecified atom stereocenters. The van der Waals surface area contributed by atoms with Crippen molar-refractivity contribution >= 4 is 11.6 Å². The van der Waals surface area contributed by atoms with E-state index in [1.165, 1.54) is 12.1 Å². The van der Waals surface area contributed by atoms with Crippen LogP contribution in [0.1, 0.15) is 24.8 Å². The van der Waals surface area contributed by atoms with Gasteiger partial charge in [-0.25, -0.2) is 0 Å². The Bertz CT molecular complexity index is 401. The van der Waals surface area contributed by atoms with Gasteiger partial charge in [0.05, 0.1) is 0 Å². The van der Waals surface area contributed by atoms with Crippen LogP contribution in [-0.4, -0.2) is 11.7 Å². The van der Waals surface area contributed by atoms with Gasteiger partial charge in [-0.1, -0.05) is 18.2 Å². The van der Waals surface area contributed by atoms with Crippen molar-refractivity contribution in [2.45, 2.75) is 37.4 Å². The van der Waals surface area contributed by atoms with E-state index in [0.29, 0.717) is 24.3 Å². The van der Waals surface area contributed by atoms with Gasteiger partial charge in [-0.05, 0) is 43.2 Å². The molecule has 0 aromatic heterocycles. The zero-order valence-electron chi connectivity index (χ0n) is 9.71. The molecule has 0 radical (unpaired) electrons. The summed E-state index contributed by atoms with van der Waals surface area (Å²) < 4.78 is 40.6. The molecular formula is C13H14ClF3O. The summed E-state index contributed by atoms with van der Waals surface area (Å²) in [6, 6.07) is 6.23. The normalized spacial score (nSPS) is 17.6. The molecule has 5 heteroatoms. The molecule has 1 aromatic carbocycles. The van der Waals surface area contributed by atoms with Crippen molar-refractivity contribution in [3.8, 4) is 5.75 Å². The maximum Gasteiger partial charge on any atom is 0.573 e. The molecule has 0 aliphatic heterocycles. The highest BCUT2D eigenvalue weighted by molar-refractivity contribution is 6.20. The zero-order valence-corrected chi connectivity index (χ0v) is 10.5. The number of hydrogen-bond donors (Lipinski definition) is 0. The van der Waals surface area contributed by atoms with E-state index in [4.69, 9.17) is 11.6 Å². The fraction of sp³-hybridized carbons (Fsp3) is 0.538. The van der Waals surface area contributed by atoms with Crippen LogP contribution in [0.4, 0.5) is 13.2 Å². The number of aryl methyl sites for hydroxylation is 1. The third-order valence-corrected chi connectivity index (χ3v) is 3.60. The number of para-hydroxylation sites is 1. The molecular weight excluding hydrogens is 265 g/mol. The average molecular weight is 279 g/mol. The Hall–Kier alpha value is -0.900. The van der Waals surface area contributed by atoms with E-state index in [0.717, 1.165) is 12.8 Å². The summed E-state index contributed by atoms with van der Waals surface area (Å²) in [4.78, 5) is 0. The van der Waals surface area contributed by atoms with Crippen LogP contribution in [0.2, 0.25) is 0 Å². The first-order valence-electron chi connectivity index (χ1n) is 5.93. The van der Waals surface area contributed by atoms with Crippen molar-refractivity contribution in [2.75, 3.05) is 0 Å². The van der Waals surface area contributed by atoms with E-state index in [9.17, 15) is 13.2 Å². The minimum atomic E-state index is -4.65. The van der Waals surface area contributed by atoms with Crippen LogP contribution < -0.4 is 4.74 Å². The summed E-state index contributed by atoms with van der Waals surface area (Å²) in [5.41, 5.74) is 0.557. The predicted molar refractivity (Wildman–Crippen MR) is 63.8 cm³/mol. The van der Waals surface area contributed by atoms with Crippen molar-refractivity contribution in [2.24, 2.45) is 5.92 Å². The van der Waals surface area contributed by atoms with Crippen LogP contribution in [0.3, 0.4) is 0 Å². The van der Waals surface area contributed by atoms with Crippen LogP contribution in [0.5, 0.6) is 5.75 Å². The maximum atomic E-state index is 12.2. The molecule has 0 spiro atoms. The number of benzene rings is 1. The second kappa shape index (κ2) is 5.39. The quantitative estimate of drug-likeness (QED) is 0.719. The average Bonchev–Trinajstić information content (AvgIpc) is 3.09. The van der Waals surface area contributed by atoms with Crippen molar-refractivity contribution in [1.29, 1.82) is 0 Å². The first-order chi connectivity index (χ1) is 8.46. The minimum Gasteiger partial charge on any atom is -0.406 e. The van der Waals surface area contributed by atoms with Crippen LogP contribution in [0.25, 0.3) is 0 Å². The third kappa shape index (κ3) is 4.09. The molecule has 1 nitrogen and oxygen atoms in total. The van der Waals surface area contributed by atoms with Crippen LogP contribution in [-0.2, 0) is 6.42 Å². The molecule has 0 saturated heterocycles. The first-order valence-corrected chi connectivity index (χ1v) is 6.37. The number of hydrogen-bond acceptors (Lipinski definition) is 1. The minimum absolute atomic E-state index is 0.0592. The summed E-state index contributed by atoms with van der Waals surface area (Å²) in [6.45, 7) is 0. The van der Waals surface area contributed by atoms with Gasteiger partial charge >= 0.3 is 6.36 Å². The lowest BCUT2D eigenvalue weighted by Gasteiger charge is -2.14. The van der Waals surface area contributed by atoms with Gasteiger partial charge < -0.3 is 4.74 Å². The fourth-order valence-corrected chi connectivity index (χ4v) is 2.28. The lowest BCUT2D eigenvalue weighted by atomic mass is 10.1. The lowest BCUT2D eigenvalue weighted by molar-refractivity contribution is -0.274. The molecule has 1 aromatic rings. The Kier molecular flexibility index (Phi) is 4.05. The molecule has 1 aliphatic carbocycles. The maximum absolute atomic E-state index is 12.2. The standard InChI is InChI=1S/C13H14ClF3O/c14-11(9-5-6-9)8-7-10-3-1-2-4-12(10)18-13(15,16)17/h1-4,9,11H,5-8H2. The Morgan fingerprint density at radius 2 is 1.94 bits per heavy atom. The van der Waals surface area contributed by atoms with Gasteiger partial charge in [-0.3, -0.25) is 0 Å². The molecule has 1 aliphatic rings. The monoisotopic (exact) mass is 278 g/mol. The molecule has 1 atom stereocenters. The third-order valence-electron chi connectivity index (χ3n) is 3.02. The van der Waals surface area contributed by atoms with E-state index in [2.05, 4.69) is 4.74 Å². The van der Waals surface area contributed by atoms with Crippen molar-refractivity contribution in [3.63, 3.8) is 0 Å². The largest absolute Gasteiger partial charge is 0.573 e. The molecule has 1 saturated carbocycles. The lowest BCUT2D eigenvalue weighted by Crippen LogP contribution is -2.18. The molecule has 1 fully saturated rings. The number of alkyl halides is 4. The van der Waals surface area contributed by atoms with Gasteiger partial charge in [0.1, 0.15) is 5.75 Å². The highest BCUT2D eigenvalue weighted by atomic mass is 35.5. The second-order valence-corrected chi connectivity index (χ2v) is 5.11. The molecule has 0 heterocycles. The highest BCUT2D eigenvalue weighted by Crippen LogP contribution is 2.38. The fourth-order valence-electron chi connectivity index (χ4n) is 1.92. The summed E-state index contributed by atoms with van der Waals surface area (Å²) >= 11 is 6.15. The van der Waals surface area contributed by atoms with Gasteiger partial charge in [0.25, 0.3) is 0 Å². The van der Waals surface area contributed by atoms with Gasteiger partial charge in [0.15, 0.2) is 0 Å². The van der Waals surface area contributed by atoms with Gasteiger partial charge in [-0.15, -0.1) is 24.8 Å². The molecule has 0 bridgehead atoms. The Labute approximate surface area is 109 Å². The zero-order chi connectivity index (χ0) is 13.2. The summed E-state index contributed by atoms with van der Waals surface area (Å²) in [6.07, 6.45) is -1.18. The Balaban J connectivity index is 1.97. The van der Waals surface area contributed by atoms with Crippen LogP contribution in [0.15, 0.2) is 24.3 Å². The SMILES string of the molecule is FC(F)(F)Oc1ccccc1CCC(Cl)C1CC1. The van der Waals surface area contributed by atoms with E-state index in [1.54, 1.807) is 12.1 Å². The van der Waals surface area contributed by atoms with Gasteiger partial charge in [0.2, 0.25) is 0 Å². The summed E-state index contributed by atoms with van der Waals surface area (Å²) in [5, 5.41) is 0.0592. The van der Waals surface area contributed by atoms with E-state index in [-0.39, 0.29) is 11.1 Å². The highest BCUT2D eigenvalue weighted by Gasteiger charge is 2.32. The van der Waals surface area contributed by atoms with E-state index >= 15 is 0 Å². The Morgan fingerprint density at radius 1 is 1.28 bits per heavy atom. The smallest absolute Gasteiger partial charge is 0.406 e. The molecule has 0 N–H and O–H groups in total. The number of ether oxygens (including phenoxy) is 1. The Morgan fingerprint density at radius 3 is 2.56 bits per heavy atom. The summed E-state index contributed by atoms with van der Waals surface area (Å²) in [7, 11) is 0. The molecule has 0 amide bonds. The van der Waals surface area contributed by atoms with E-state index in [1.807, 2.05) is 0 Å². The molecule has 100 valence electrons. The van der Waals surface area contributed by atoms with Gasteiger partial charge in [-0.2, -0.15) is 0 Å².